The molecule has 5 rings (SSSR count). The lowest BCUT2D eigenvalue weighted by molar-refractivity contribution is 0.0951. The Labute approximate surface area is 191 Å². The number of nitrogens with one attached hydrogen (secondary N) is 3. The molecule has 1 heterocycles. The van der Waals surface area contributed by atoms with Crippen molar-refractivity contribution in [3.05, 3.63) is 89.2 Å². The summed E-state index contributed by atoms with van der Waals surface area (Å²) in [5.41, 5.74) is 4.82. The summed E-state index contributed by atoms with van der Waals surface area (Å²) in [6, 6.07) is 19.1. The Morgan fingerprint density at radius 1 is 0.879 bits per heavy atom. The Morgan fingerprint density at radius 3 is 2.39 bits per heavy atom. The van der Waals surface area contributed by atoms with E-state index in [4.69, 9.17) is 0 Å². The van der Waals surface area contributed by atoms with Gasteiger partial charge in [0, 0.05) is 36.2 Å². The minimum absolute atomic E-state index is 0.138. The van der Waals surface area contributed by atoms with E-state index < -0.39 is 11.8 Å². The Hall–Kier alpha value is -3.87. The number of anilines is 3. The van der Waals surface area contributed by atoms with Gasteiger partial charge in [0.05, 0.1) is 5.56 Å². The summed E-state index contributed by atoms with van der Waals surface area (Å²) in [6.45, 7) is 1.54. The molecule has 168 valence electrons. The summed E-state index contributed by atoms with van der Waals surface area (Å²) in [5, 5.41) is 8.42. The average molecular weight is 445 g/mol. The van der Waals surface area contributed by atoms with Crippen LogP contribution < -0.4 is 20.9 Å². The lowest BCUT2D eigenvalue weighted by Gasteiger charge is -2.32. The quantitative estimate of drug-likeness (QED) is 0.523. The molecule has 3 aromatic carbocycles. The van der Waals surface area contributed by atoms with Crippen LogP contribution in [0.3, 0.4) is 0 Å². The van der Waals surface area contributed by atoms with E-state index in [0.29, 0.717) is 16.9 Å². The van der Waals surface area contributed by atoms with Crippen molar-refractivity contribution in [2.45, 2.75) is 31.8 Å². The van der Waals surface area contributed by atoms with Crippen molar-refractivity contribution >= 4 is 29.0 Å². The summed E-state index contributed by atoms with van der Waals surface area (Å²) in [4.78, 5) is 27.7. The minimum Gasteiger partial charge on any atom is -0.366 e. The van der Waals surface area contributed by atoms with Crippen molar-refractivity contribution in [2.24, 2.45) is 0 Å². The van der Waals surface area contributed by atoms with E-state index in [-0.39, 0.29) is 11.9 Å². The van der Waals surface area contributed by atoms with E-state index in [1.807, 2.05) is 12.1 Å². The lowest BCUT2D eigenvalue weighted by Crippen LogP contribution is -2.33. The van der Waals surface area contributed by atoms with Crippen molar-refractivity contribution in [1.82, 2.24) is 5.32 Å². The van der Waals surface area contributed by atoms with Gasteiger partial charge >= 0.3 is 6.03 Å². The number of halogens is 1. The van der Waals surface area contributed by atoms with Crippen LogP contribution in [0, 0.1) is 5.82 Å². The molecular weight excluding hydrogens is 419 g/mol. The molecular formula is C26H25FN4O2. The van der Waals surface area contributed by atoms with Crippen molar-refractivity contribution in [2.75, 3.05) is 22.1 Å². The molecule has 0 aromatic heterocycles. The van der Waals surface area contributed by atoms with Gasteiger partial charge in [-0.2, -0.15) is 0 Å². The number of amides is 3. The average Bonchev–Trinajstić information content (AvgIpc) is 3.62. The van der Waals surface area contributed by atoms with E-state index >= 15 is 0 Å². The van der Waals surface area contributed by atoms with Gasteiger partial charge in [0.15, 0.2) is 0 Å². The Morgan fingerprint density at radius 2 is 1.64 bits per heavy atom. The van der Waals surface area contributed by atoms with E-state index in [9.17, 15) is 14.0 Å². The van der Waals surface area contributed by atoms with E-state index in [2.05, 4.69) is 39.0 Å². The highest BCUT2D eigenvalue weighted by Gasteiger charge is 2.27. The van der Waals surface area contributed by atoms with E-state index in [1.165, 1.54) is 29.3 Å². The fourth-order valence-corrected chi connectivity index (χ4v) is 4.12. The first-order chi connectivity index (χ1) is 16.0. The Bertz CT molecular complexity index is 1210. The van der Waals surface area contributed by atoms with Crippen LogP contribution in [0.4, 0.5) is 26.2 Å². The number of rotatable bonds is 5. The van der Waals surface area contributed by atoms with Gasteiger partial charge in [-0.3, -0.25) is 4.79 Å². The molecule has 33 heavy (non-hydrogen) atoms. The summed E-state index contributed by atoms with van der Waals surface area (Å²) >= 11 is 0. The van der Waals surface area contributed by atoms with Crippen LogP contribution >= 0.6 is 0 Å². The first-order valence-corrected chi connectivity index (χ1v) is 11.2. The van der Waals surface area contributed by atoms with Gasteiger partial charge in [-0.1, -0.05) is 30.3 Å². The highest BCUT2D eigenvalue weighted by molar-refractivity contribution is 6.04. The molecule has 0 spiro atoms. The topological polar surface area (TPSA) is 73.5 Å². The molecule has 0 unspecified atom stereocenters. The fourth-order valence-electron chi connectivity index (χ4n) is 4.12. The third-order valence-electron chi connectivity index (χ3n) is 5.97. The predicted octanol–water partition coefficient (Wildman–Crippen LogP) is 4.92. The number of urea groups is 1. The zero-order chi connectivity index (χ0) is 22.8. The molecule has 0 radical (unpaired) electrons. The molecule has 2 aliphatic rings. The Kier molecular flexibility index (Phi) is 5.69. The molecule has 1 aliphatic carbocycles. The molecule has 0 saturated heterocycles. The summed E-state index contributed by atoms with van der Waals surface area (Å²) in [6.07, 6.45) is 2.90. The van der Waals surface area contributed by atoms with Crippen molar-refractivity contribution in [3.8, 4) is 0 Å². The van der Waals surface area contributed by atoms with Crippen LogP contribution in [0.1, 0.15) is 34.3 Å². The van der Waals surface area contributed by atoms with Gasteiger partial charge < -0.3 is 20.9 Å². The molecule has 3 aromatic rings. The number of hydrogen-bond acceptors (Lipinski definition) is 3. The first-order valence-electron chi connectivity index (χ1n) is 11.2. The number of carbonyl (C=O) groups is 2. The molecule has 0 atom stereocenters. The highest BCUT2D eigenvalue weighted by atomic mass is 19.1. The third kappa shape index (κ3) is 4.98. The predicted molar refractivity (Wildman–Crippen MR) is 127 cm³/mol. The zero-order valence-electron chi connectivity index (χ0n) is 18.1. The first kappa shape index (κ1) is 21.0. The monoisotopic (exact) mass is 444 g/mol. The van der Waals surface area contributed by atoms with E-state index in [1.54, 1.807) is 18.2 Å². The summed E-state index contributed by atoms with van der Waals surface area (Å²) < 4.78 is 13.4. The van der Waals surface area contributed by atoms with Crippen LogP contribution in [0.5, 0.6) is 0 Å². The number of fused-ring (bicyclic) bond motifs is 1. The van der Waals surface area contributed by atoms with Crippen molar-refractivity contribution in [3.63, 3.8) is 0 Å². The van der Waals surface area contributed by atoms with Gasteiger partial charge in [0.1, 0.15) is 5.82 Å². The van der Waals surface area contributed by atoms with Crippen LogP contribution in [0.25, 0.3) is 0 Å². The molecule has 7 heteroatoms. The smallest absolute Gasteiger partial charge is 0.323 e. The molecule has 1 saturated carbocycles. The molecule has 6 nitrogen and oxygen atoms in total. The van der Waals surface area contributed by atoms with Gasteiger partial charge in [-0.05, 0) is 66.8 Å². The summed E-state index contributed by atoms with van der Waals surface area (Å²) in [7, 11) is 0. The number of benzene rings is 3. The molecule has 1 fully saturated rings. The standard InChI is InChI=1S/C26H25FN4O2/c27-19-6-3-7-21(14-19)29-26(33)30-22-10-11-24(23(15-22)25(32)28-20-8-9-20)31-13-12-17-4-1-2-5-18(17)16-31/h1-7,10-11,14-15,20H,8-9,12-13,16H2,(H,28,32)(H2,29,30,33). The molecule has 3 N–H and O–H groups in total. The van der Waals surface area contributed by atoms with Crippen molar-refractivity contribution in [1.29, 1.82) is 0 Å². The maximum atomic E-state index is 13.4. The number of hydrogen-bond donors (Lipinski definition) is 3. The second-order valence-corrected chi connectivity index (χ2v) is 8.51. The number of nitrogens with zero attached hydrogens (tertiary/aromatic N) is 1. The SMILES string of the molecule is O=C(Nc1cccc(F)c1)Nc1ccc(N2CCc3ccccc3C2)c(C(=O)NC2CC2)c1. The van der Waals surface area contributed by atoms with Crippen LogP contribution in [0.15, 0.2) is 66.7 Å². The van der Waals surface area contributed by atoms with Gasteiger partial charge in [0.25, 0.3) is 5.91 Å². The molecule has 0 bridgehead atoms. The molecule has 3 amide bonds. The van der Waals surface area contributed by atoms with Crippen LogP contribution in [-0.2, 0) is 13.0 Å². The third-order valence-corrected chi connectivity index (χ3v) is 5.97. The van der Waals surface area contributed by atoms with Gasteiger partial charge in [-0.25, -0.2) is 9.18 Å². The van der Waals surface area contributed by atoms with Crippen LogP contribution in [0.2, 0.25) is 0 Å². The lowest BCUT2D eigenvalue weighted by atomic mass is 9.98. The van der Waals surface area contributed by atoms with Crippen molar-refractivity contribution < 1.29 is 14.0 Å². The molecule has 1 aliphatic heterocycles. The normalized spacial score (nSPS) is 14.9. The zero-order valence-corrected chi connectivity index (χ0v) is 18.1. The second-order valence-electron chi connectivity index (χ2n) is 8.51. The highest BCUT2D eigenvalue weighted by Crippen LogP contribution is 2.30. The summed E-state index contributed by atoms with van der Waals surface area (Å²) in [5.74, 6) is -0.570. The van der Waals surface area contributed by atoms with Crippen LogP contribution in [-0.4, -0.2) is 24.5 Å². The van der Waals surface area contributed by atoms with Gasteiger partial charge in [0.2, 0.25) is 0 Å². The maximum Gasteiger partial charge on any atom is 0.323 e. The number of carbonyl (C=O) groups excluding carboxylic acids is 2. The fraction of sp³-hybridized carbons (Fsp3) is 0.231. The second kappa shape index (κ2) is 8.94. The minimum atomic E-state index is -0.506. The van der Waals surface area contributed by atoms with E-state index in [0.717, 1.165) is 38.0 Å². The van der Waals surface area contributed by atoms with Gasteiger partial charge in [-0.15, -0.1) is 0 Å². The largest absolute Gasteiger partial charge is 0.366 e. The maximum absolute atomic E-state index is 13.4. The Balaban J connectivity index is 1.37.